The lowest BCUT2D eigenvalue weighted by atomic mass is 9.79. The van der Waals surface area contributed by atoms with Crippen molar-refractivity contribution in [2.45, 2.75) is 57.3 Å². The Morgan fingerprint density at radius 2 is 1.90 bits per heavy atom. The van der Waals surface area contributed by atoms with Crippen LogP contribution < -0.4 is 11.1 Å². The Morgan fingerprint density at radius 1 is 1.07 bits per heavy atom. The molecule has 4 atom stereocenters. The molecule has 29 heavy (non-hydrogen) atoms. The van der Waals surface area contributed by atoms with E-state index in [1.807, 2.05) is 12.1 Å². The van der Waals surface area contributed by atoms with Gasteiger partial charge >= 0.3 is 0 Å². The van der Waals surface area contributed by atoms with E-state index in [0.717, 1.165) is 49.5 Å². The van der Waals surface area contributed by atoms with Crippen molar-refractivity contribution in [2.24, 2.45) is 17.6 Å². The largest absolute Gasteiger partial charge is 0.328 e. The molecule has 1 aromatic rings. The van der Waals surface area contributed by atoms with Gasteiger partial charge in [-0.15, -0.1) is 0 Å². The maximum atomic E-state index is 13.0. The van der Waals surface area contributed by atoms with Gasteiger partial charge in [0, 0.05) is 44.2 Å². The SMILES string of the molecule is NC1CCC2CN(Cc3ccc4c(c3)C(=O)N(C3CCC(=O)NC3=O)C4)CC2C1. The molecule has 3 fully saturated rings. The van der Waals surface area contributed by atoms with Crippen molar-refractivity contribution in [3.8, 4) is 0 Å². The zero-order valence-corrected chi connectivity index (χ0v) is 16.6. The molecule has 7 heteroatoms. The van der Waals surface area contributed by atoms with Crippen molar-refractivity contribution in [2.75, 3.05) is 13.1 Å². The van der Waals surface area contributed by atoms with Gasteiger partial charge in [-0.25, -0.2) is 0 Å². The van der Waals surface area contributed by atoms with Gasteiger partial charge in [-0.1, -0.05) is 12.1 Å². The van der Waals surface area contributed by atoms with Gasteiger partial charge in [0.25, 0.3) is 5.91 Å². The van der Waals surface area contributed by atoms with E-state index in [2.05, 4.69) is 16.3 Å². The molecule has 3 amide bonds. The van der Waals surface area contributed by atoms with Crippen LogP contribution in [0.25, 0.3) is 0 Å². The average molecular weight is 396 g/mol. The number of fused-ring (bicyclic) bond motifs is 2. The molecule has 4 unspecified atom stereocenters. The number of benzene rings is 1. The number of likely N-dealkylation sites (tertiary alicyclic amines) is 1. The van der Waals surface area contributed by atoms with Crippen LogP contribution in [0.5, 0.6) is 0 Å². The smallest absolute Gasteiger partial charge is 0.255 e. The van der Waals surface area contributed by atoms with E-state index < -0.39 is 6.04 Å². The second kappa shape index (κ2) is 7.22. The predicted octanol–water partition coefficient (Wildman–Crippen LogP) is 1.01. The molecule has 2 saturated heterocycles. The topological polar surface area (TPSA) is 95.7 Å². The summed E-state index contributed by atoms with van der Waals surface area (Å²) in [5.74, 6) is 0.745. The number of hydrogen-bond acceptors (Lipinski definition) is 5. The number of hydrogen-bond donors (Lipinski definition) is 2. The second-order valence-corrected chi connectivity index (χ2v) is 9.18. The van der Waals surface area contributed by atoms with E-state index in [4.69, 9.17) is 5.73 Å². The maximum absolute atomic E-state index is 13.0. The fourth-order valence-electron chi connectivity index (χ4n) is 5.65. The minimum atomic E-state index is -0.554. The van der Waals surface area contributed by atoms with Crippen molar-refractivity contribution in [1.29, 1.82) is 0 Å². The molecular formula is C22H28N4O3. The lowest BCUT2D eigenvalue weighted by Gasteiger charge is -2.29. The molecule has 3 aliphatic heterocycles. The number of imide groups is 1. The molecule has 1 aromatic carbocycles. The Morgan fingerprint density at radius 3 is 2.72 bits per heavy atom. The van der Waals surface area contributed by atoms with Gasteiger partial charge in [-0.2, -0.15) is 0 Å². The zero-order chi connectivity index (χ0) is 20.1. The van der Waals surface area contributed by atoms with E-state index in [1.54, 1.807) is 4.90 Å². The van der Waals surface area contributed by atoms with Gasteiger partial charge in [0.15, 0.2) is 0 Å². The Kier molecular flexibility index (Phi) is 4.67. The summed E-state index contributed by atoms with van der Waals surface area (Å²) in [4.78, 5) is 40.7. The highest BCUT2D eigenvalue weighted by molar-refractivity contribution is 6.05. The first-order chi connectivity index (χ1) is 14.0. The van der Waals surface area contributed by atoms with Crippen LogP contribution in [-0.4, -0.2) is 52.7 Å². The molecule has 0 spiro atoms. The molecule has 3 heterocycles. The van der Waals surface area contributed by atoms with Crippen molar-refractivity contribution in [3.05, 3.63) is 34.9 Å². The summed E-state index contributed by atoms with van der Waals surface area (Å²) in [6, 6.07) is 5.92. The van der Waals surface area contributed by atoms with Gasteiger partial charge in [-0.3, -0.25) is 24.6 Å². The third-order valence-corrected chi connectivity index (χ3v) is 7.16. The molecule has 0 radical (unpaired) electrons. The fourth-order valence-corrected chi connectivity index (χ4v) is 5.65. The molecule has 0 aromatic heterocycles. The first kappa shape index (κ1) is 18.8. The van der Waals surface area contributed by atoms with Crippen LogP contribution in [0.3, 0.4) is 0 Å². The Bertz CT molecular complexity index is 870. The van der Waals surface area contributed by atoms with Crippen molar-refractivity contribution in [1.82, 2.24) is 15.1 Å². The normalized spacial score (nSPS) is 32.3. The Hall–Kier alpha value is -2.25. The molecule has 0 bridgehead atoms. The standard InChI is InChI=1S/C22H28N4O3/c23-17-4-3-14-10-25(11-16(14)8-17)9-13-1-2-15-12-26(22(29)18(15)7-13)19-5-6-20(27)24-21(19)28/h1-2,7,14,16-17,19H,3-6,8-12,23H2,(H,24,27,28). The number of piperidine rings is 1. The number of amides is 3. The summed E-state index contributed by atoms with van der Waals surface area (Å²) in [5, 5.41) is 2.35. The Balaban J connectivity index is 1.27. The quantitative estimate of drug-likeness (QED) is 0.744. The predicted molar refractivity (Wildman–Crippen MR) is 107 cm³/mol. The van der Waals surface area contributed by atoms with E-state index in [-0.39, 0.29) is 24.1 Å². The lowest BCUT2D eigenvalue weighted by Crippen LogP contribution is -2.52. The third kappa shape index (κ3) is 3.46. The number of carbonyl (C=O) groups is 3. The molecule has 1 saturated carbocycles. The monoisotopic (exact) mass is 396 g/mol. The first-order valence-corrected chi connectivity index (χ1v) is 10.7. The molecule has 5 rings (SSSR count). The molecule has 3 N–H and O–H groups in total. The Labute approximate surface area is 170 Å². The van der Waals surface area contributed by atoms with Crippen LogP contribution in [-0.2, 0) is 22.7 Å². The van der Waals surface area contributed by atoms with E-state index >= 15 is 0 Å². The molecule has 4 aliphatic rings. The van der Waals surface area contributed by atoms with Crippen molar-refractivity contribution in [3.63, 3.8) is 0 Å². The molecular weight excluding hydrogens is 368 g/mol. The van der Waals surface area contributed by atoms with Crippen molar-refractivity contribution < 1.29 is 14.4 Å². The highest BCUT2D eigenvalue weighted by Gasteiger charge is 2.40. The second-order valence-electron chi connectivity index (χ2n) is 9.18. The average Bonchev–Trinajstić information content (AvgIpc) is 3.22. The van der Waals surface area contributed by atoms with Crippen LogP contribution in [0.2, 0.25) is 0 Å². The van der Waals surface area contributed by atoms with Gasteiger partial charge in [0.1, 0.15) is 6.04 Å². The number of rotatable bonds is 3. The highest BCUT2D eigenvalue weighted by Crippen LogP contribution is 2.36. The number of nitrogens with one attached hydrogen (secondary N) is 1. The van der Waals surface area contributed by atoms with Crippen LogP contribution >= 0.6 is 0 Å². The van der Waals surface area contributed by atoms with Gasteiger partial charge in [0.05, 0.1) is 0 Å². The number of carbonyl (C=O) groups excluding carboxylic acids is 3. The summed E-state index contributed by atoms with van der Waals surface area (Å²) < 4.78 is 0. The molecule has 1 aliphatic carbocycles. The number of nitrogens with zero attached hydrogens (tertiary/aromatic N) is 2. The minimum Gasteiger partial charge on any atom is -0.328 e. The van der Waals surface area contributed by atoms with Crippen LogP contribution in [0.4, 0.5) is 0 Å². The van der Waals surface area contributed by atoms with Crippen molar-refractivity contribution >= 4 is 17.7 Å². The summed E-state index contributed by atoms with van der Waals surface area (Å²) in [6.45, 7) is 3.49. The van der Waals surface area contributed by atoms with Crippen LogP contribution in [0.1, 0.15) is 53.6 Å². The maximum Gasteiger partial charge on any atom is 0.255 e. The van der Waals surface area contributed by atoms with E-state index in [0.29, 0.717) is 30.5 Å². The summed E-state index contributed by atoms with van der Waals surface area (Å²) in [7, 11) is 0. The third-order valence-electron chi connectivity index (χ3n) is 7.16. The van der Waals surface area contributed by atoms with Gasteiger partial charge in [0.2, 0.25) is 11.8 Å². The van der Waals surface area contributed by atoms with E-state index in [1.165, 1.54) is 6.42 Å². The minimum absolute atomic E-state index is 0.0996. The fraction of sp³-hybridized carbons (Fsp3) is 0.591. The zero-order valence-electron chi connectivity index (χ0n) is 16.6. The van der Waals surface area contributed by atoms with Gasteiger partial charge < -0.3 is 10.6 Å². The summed E-state index contributed by atoms with van der Waals surface area (Å²) in [6.07, 6.45) is 4.17. The van der Waals surface area contributed by atoms with E-state index in [9.17, 15) is 14.4 Å². The lowest BCUT2D eigenvalue weighted by molar-refractivity contribution is -0.136. The van der Waals surface area contributed by atoms with Gasteiger partial charge in [-0.05, 0) is 54.7 Å². The van der Waals surface area contributed by atoms with Crippen LogP contribution in [0, 0.1) is 11.8 Å². The first-order valence-electron chi connectivity index (χ1n) is 10.7. The summed E-state index contributed by atoms with van der Waals surface area (Å²) >= 11 is 0. The highest BCUT2D eigenvalue weighted by atomic mass is 16.2. The number of nitrogens with two attached hydrogens (primary N) is 1. The van der Waals surface area contributed by atoms with Crippen LogP contribution in [0.15, 0.2) is 18.2 Å². The summed E-state index contributed by atoms with van der Waals surface area (Å²) in [5.41, 5.74) is 8.96. The molecule has 154 valence electrons. The molecule has 7 nitrogen and oxygen atoms in total.